The number of H-pyrrole nitrogens is 1. The fourth-order valence-corrected chi connectivity index (χ4v) is 3.39. The summed E-state index contributed by atoms with van der Waals surface area (Å²) in [6, 6.07) is 15.7. The molecule has 0 saturated heterocycles. The second kappa shape index (κ2) is 8.52. The van der Waals surface area contributed by atoms with E-state index in [4.69, 9.17) is 0 Å². The van der Waals surface area contributed by atoms with Crippen molar-refractivity contribution in [1.82, 2.24) is 30.0 Å². The minimum Gasteiger partial charge on any atom is -0.349 e. The van der Waals surface area contributed by atoms with Crippen molar-refractivity contribution in [2.75, 3.05) is 0 Å². The normalized spacial score (nSPS) is 11.9. The molecule has 0 bridgehead atoms. The van der Waals surface area contributed by atoms with Crippen LogP contribution in [0, 0.1) is 6.92 Å². The number of benzene rings is 2. The zero-order valence-electron chi connectivity index (χ0n) is 16.1. The Balaban J connectivity index is 1.51. The van der Waals surface area contributed by atoms with E-state index in [9.17, 15) is 4.79 Å². The average Bonchev–Trinajstić information content (AvgIpc) is 3.43. The number of carbonyl (C=O) groups is 1. The number of imidazole rings is 1. The van der Waals surface area contributed by atoms with Gasteiger partial charge in [-0.25, -0.2) is 14.6 Å². The summed E-state index contributed by atoms with van der Waals surface area (Å²) in [4.78, 5) is 24.1. The maximum absolute atomic E-state index is 13.0. The maximum Gasteiger partial charge on any atom is 0.251 e. The van der Waals surface area contributed by atoms with Crippen molar-refractivity contribution in [3.05, 3.63) is 96.1 Å². The highest BCUT2D eigenvalue weighted by Crippen LogP contribution is 2.15. The number of amides is 1. The molecule has 0 spiro atoms. The van der Waals surface area contributed by atoms with Crippen molar-refractivity contribution in [2.45, 2.75) is 25.8 Å². The minimum atomic E-state index is -0.0984. The smallest absolute Gasteiger partial charge is 0.251 e. The molecule has 29 heavy (non-hydrogen) atoms. The Bertz CT molecular complexity index is 1060. The van der Waals surface area contributed by atoms with Gasteiger partial charge in [0.2, 0.25) is 0 Å². The summed E-state index contributed by atoms with van der Waals surface area (Å²) in [6.45, 7) is 1.96. The van der Waals surface area contributed by atoms with Crippen molar-refractivity contribution < 1.29 is 4.79 Å². The molecule has 0 aliphatic rings. The van der Waals surface area contributed by atoms with E-state index in [2.05, 4.69) is 37.5 Å². The third-order valence-corrected chi connectivity index (χ3v) is 4.81. The molecule has 1 amide bonds. The average molecular weight is 386 g/mol. The highest BCUT2D eigenvalue weighted by atomic mass is 16.1. The lowest BCUT2D eigenvalue weighted by molar-refractivity contribution is 0.0936. The van der Waals surface area contributed by atoms with Crippen molar-refractivity contribution in [3.63, 3.8) is 0 Å². The lowest BCUT2D eigenvalue weighted by atomic mass is 10.0. The van der Waals surface area contributed by atoms with Crippen LogP contribution in [0.15, 0.2) is 73.7 Å². The van der Waals surface area contributed by atoms with Gasteiger partial charge in [0.05, 0.1) is 12.0 Å². The number of nitrogens with one attached hydrogen (secondary N) is 2. The van der Waals surface area contributed by atoms with Crippen molar-refractivity contribution >= 4 is 5.91 Å². The van der Waals surface area contributed by atoms with Crippen LogP contribution in [0.3, 0.4) is 0 Å². The number of aromatic nitrogens is 5. The van der Waals surface area contributed by atoms with Crippen LogP contribution in [-0.4, -0.2) is 36.7 Å². The lowest BCUT2D eigenvalue weighted by Crippen LogP contribution is -2.38. The van der Waals surface area contributed by atoms with Gasteiger partial charge in [0.1, 0.15) is 12.7 Å². The van der Waals surface area contributed by atoms with Gasteiger partial charge in [-0.2, -0.15) is 5.10 Å². The van der Waals surface area contributed by atoms with Crippen LogP contribution in [-0.2, 0) is 12.8 Å². The molecular formula is C22H22N6O. The Kier molecular flexibility index (Phi) is 5.47. The second-order valence-electron chi connectivity index (χ2n) is 6.98. The maximum atomic E-state index is 13.0. The van der Waals surface area contributed by atoms with Crippen LogP contribution in [0.25, 0.3) is 5.69 Å². The van der Waals surface area contributed by atoms with E-state index < -0.39 is 0 Å². The molecule has 2 N–H and O–H groups in total. The summed E-state index contributed by atoms with van der Waals surface area (Å²) in [5.41, 5.74) is 4.64. The number of rotatable bonds is 7. The molecule has 0 aliphatic heterocycles. The number of aryl methyl sites for hydroxylation is 1. The van der Waals surface area contributed by atoms with E-state index in [1.165, 1.54) is 11.9 Å². The number of nitrogens with zero attached hydrogens (tertiary/aromatic N) is 4. The first-order valence-corrected chi connectivity index (χ1v) is 9.47. The Labute approximate surface area is 168 Å². The Morgan fingerprint density at radius 3 is 2.69 bits per heavy atom. The molecule has 7 heteroatoms. The summed E-state index contributed by atoms with van der Waals surface area (Å²) >= 11 is 0. The first kappa shape index (κ1) is 18.6. The van der Waals surface area contributed by atoms with Gasteiger partial charge in [0.15, 0.2) is 0 Å². The molecule has 4 aromatic rings. The summed E-state index contributed by atoms with van der Waals surface area (Å²) < 4.78 is 1.69. The number of hydrogen-bond acceptors (Lipinski definition) is 4. The molecule has 146 valence electrons. The van der Waals surface area contributed by atoms with Gasteiger partial charge >= 0.3 is 0 Å². The van der Waals surface area contributed by atoms with Crippen LogP contribution < -0.4 is 5.32 Å². The first-order valence-electron chi connectivity index (χ1n) is 9.47. The van der Waals surface area contributed by atoms with Crippen LogP contribution >= 0.6 is 0 Å². The molecule has 2 aromatic heterocycles. The van der Waals surface area contributed by atoms with Crippen LogP contribution in [0.4, 0.5) is 0 Å². The molecule has 1 atom stereocenters. The van der Waals surface area contributed by atoms with Gasteiger partial charge in [0, 0.05) is 29.9 Å². The number of hydrogen-bond donors (Lipinski definition) is 2. The molecule has 0 saturated carbocycles. The monoisotopic (exact) mass is 386 g/mol. The molecule has 0 fully saturated rings. The van der Waals surface area contributed by atoms with E-state index in [-0.39, 0.29) is 11.9 Å². The summed E-state index contributed by atoms with van der Waals surface area (Å²) in [5, 5.41) is 7.33. The Morgan fingerprint density at radius 1 is 1.14 bits per heavy atom. The van der Waals surface area contributed by atoms with Crippen molar-refractivity contribution in [1.29, 1.82) is 0 Å². The van der Waals surface area contributed by atoms with Gasteiger partial charge in [-0.05, 0) is 42.7 Å². The summed E-state index contributed by atoms with van der Waals surface area (Å²) in [5.74, 6) is -0.0984. The van der Waals surface area contributed by atoms with E-state index in [0.29, 0.717) is 12.0 Å². The van der Waals surface area contributed by atoms with E-state index in [0.717, 1.165) is 23.4 Å². The third kappa shape index (κ3) is 4.57. The van der Waals surface area contributed by atoms with Gasteiger partial charge in [-0.15, -0.1) is 0 Å². The van der Waals surface area contributed by atoms with Crippen LogP contribution in [0.5, 0.6) is 0 Å². The lowest BCUT2D eigenvalue weighted by Gasteiger charge is -2.19. The van der Waals surface area contributed by atoms with Crippen LogP contribution in [0.1, 0.15) is 27.2 Å². The van der Waals surface area contributed by atoms with Crippen molar-refractivity contribution in [3.8, 4) is 5.69 Å². The van der Waals surface area contributed by atoms with E-state index in [1.54, 1.807) is 23.5 Å². The zero-order valence-corrected chi connectivity index (χ0v) is 16.1. The SMILES string of the molecule is Cc1cc(C(=O)N[C@H](Cc2ccccc2)Cc2cnc[nH]2)ccc1-n1cncn1. The molecule has 0 radical (unpaired) electrons. The molecule has 7 nitrogen and oxygen atoms in total. The summed E-state index contributed by atoms with van der Waals surface area (Å²) in [7, 11) is 0. The van der Waals surface area contributed by atoms with Gasteiger partial charge in [-0.3, -0.25) is 4.79 Å². The quantitative estimate of drug-likeness (QED) is 0.511. The topological polar surface area (TPSA) is 88.5 Å². The zero-order chi connectivity index (χ0) is 20.1. The predicted molar refractivity (Wildman–Crippen MR) is 110 cm³/mol. The molecule has 2 heterocycles. The second-order valence-corrected chi connectivity index (χ2v) is 6.98. The van der Waals surface area contributed by atoms with Gasteiger partial charge < -0.3 is 10.3 Å². The number of carbonyl (C=O) groups excluding carboxylic acids is 1. The molecular weight excluding hydrogens is 364 g/mol. The Morgan fingerprint density at radius 2 is 2.00 bits per heavy atom. The third-order valence-electron chi connectivity index (χ3n) is 4.81. The van der Waals surface area contributed by atoms with Crippen LogP contribution in [0.2, 0.25) is 0 Å². The highest BCUT2D eigenvalue weighted by Gasteiger charge is 2.17. The van der Waals surface area contributed by atoms with E-state index in [1.807, 2.05) is 43.3 Å². The minimum absolute atomic E-state index is 0.0550. The first-order chi connectivity index (χ1) is 14.2. The van der Waals surface area contributed by atoms with Crippen molar-refractivity contribution in [2.24, 2.45) is 0 Å². The highest BCUT2D eigenvalue weighted by molar-refractivity contribution is 5.94. The van der Waals surface area contributed by atoms with Gasteiger partial charge in [-0.1, -0.05) is 30.3 Å². The number of aromatic amines is 1. The predicted octanol–water partition coefficient (Wildman–Crippen LogP) is 2.88. The summed E-state index contributed by atoms with van der Waals surface area (Å²) in [6.07, 6.45) is 7.99. The van der Waals surface area contributed by atoms with E-state index >= 15 is 0 Å². The molecule has 0 aliphatic carbocycles. The standard InChI is InChI=1S/C22H22N6O/c1-16-9-18(7-8-21(16)28-15-24-14-26-28)22(29)27-19(11-20-12-23-13-25-20)10-17-5-3-2-4-6-17/h2-9,12-15,19H,10-11H2,1H3,(H,23,25)(H,27,29)/t19-/m1/s1. The Hall–Kier alpha value is -3.74. The molecule has 4 rings (SSSR count). The fourth-order valence-electron chi connectivity index (χ4n) is 3.39. The fraction of sp³-hybridized carbons (Fsp3) is 0.182. The largest absolute Gasteiger partial charge is 0.349 e. The molecule has 0 unspecified atom stereocenters. The van der Waals surface area contributed by atoms with Gasteiger partial charge in [0.25, 0.3) is 5.91 Å². The molecule has 2 aromatic carbocycles.